The number of amides is 1. The predicted molar refractivity (Wildman–Crippen MR) is 81.2 cm³/mol. The second kappa shape index (κ2) is 6.87. The number of carbonyl (C=O) groups is 2. The number of rotatable bonds is 4. The highest BCUT2D eigenvalue weighted by Gasteiger charge is 2.29. The number of ketones is 1. The van der Waals surface area contributed by atoms with Gasteiger partial charge in [-0.3, -0.25) is 14.3 Å². The van der Waals surface area contributed by atoms with Crippen LogP contribution in [0.5, 0.6) is 0 Å². The Kier molecular flexibility index (Phi) is 5.15. The molecule has 0 N–H and O–H groups in total. The van der Waals surface area contributed by atoms with Gasteiger partial charge in [-0.1, -0.05) is 19.8 Å². The van der Waals surface area contributed by atoms with Gasteiger partial charge in [0.05, 0.1) is 11.3 Å². The van der Waals surface area contributed by atoms with Gasteiger partial charge in [0.1, 0.15) is 5.78 Å². The summed E-state index contributed by atoms with van der Waals surface area (Å²) in [6, 6.07) is 0.0439. The average molecular weight is 291 g/mol. The van der Waals surface area contributed by atoms with E-state index in [0.717, 1.165) is 44.3 Å². The van der Waals surface area contributed by atoms with Crippen LogP contribution < -0.4 is 0 Å². The lowest BCUT2D eigenvalue weighted by molar-refractivity contribution is -0.118. The molecule has 0 aromatic carbocycles. The number of hydrogen-bond acceptors (Lipinski definition) is 3. The van der Waals surface area contributed by atoms with Gasteiger partial charge in [-0.2, -0.15) is 5.10 Å². The minimum Gasteiger partial charge on any atom is -0.335 e. The Bertz CT molecular complexity index is 522. The number of nitrogens with zero attached hydrogens (tertiary/aromatic N) is 3. The molecule has 1 unspecified atom stereocenters. The summed E-state index contributed by atoms with van der Waals surface area (Å²) in [5, 5.41) is 4.36. The summed E-state index contributed by atoms with van der Waals surface area (Å²) in [6.07, 6.45) is 7.17. The van der Waals surface area contributed by atoms with Crippen molar-refractivity contribution in [2.24, 2.45) is 7.05 Å². The maximum atomic E-state index is 12.9. The molecule has 1 saturated heterocycles. The van der Waals surface area contributed by atoms with Crippen molar-refractivity contribution in [1.82, 2.24) is 14.7 Å². The van der Waals surface area contributed by atoms with Crippen molar-refractivity contribution in [1.29, 1.82) is 0 Å². The number of aryl methyl sites for hydroxylation is 2. The summed E-state index contributed by atoms with van der Waals surface area (Å²) in [5.74, 6) is 0.190. The lowest BCUT2D eigenvalue weighted by atomic mass is 10.0. The van der Waals surface area contributed by atoms with Crippen molar-refractivity contribution in [3.63, 3.8) is 0 Å². The molecule has 1 aromatic rings. The van der Waals surface area contributed by atoms with Crippen molar-refractivity contribution >= 4 is 11.7 Å². The summed E-state index contributed by atoms with van der Waals surface area (Å²) < 4.78 is 1.70. The molecule has 1 aromatic heterocycles. The smallest absolute Gasteiger partial charge is 0.257 e. The van der Waals surface area contributed by atoms with Gasteiger partial charge in [0.25, 0.3) is 5.91 Å². The Labute approximate surface area is 126 Å². The van der Waals surface area contributed by atoms with Crippen LogP contribution in [0, 0.1) is 0 Å². The quantitative estimate of drug-likeness (QED) is 0.855. The number of hydrogen-bond donors (Lipinski definition) is 0. The van der Waals surface area contributed by atoms with E-state index in [9.17, 15) is 9.59 Å². The molecule has 0 saturated carbocycles. The Balaban J connectivity index is 2.26. The fraction of sp³-hybridized carbons (Fsp3) is 0.688. The zero-order chi connectivity index (χ0) is 15.4. The molecule has 5 nitrogen and oxygen atoms in total. The van der Waals surface area contributed by atoms with E-state index in [0.29, 0.717) is 12.0 Å². The lowest BCUT2D eigenvalue weighted by Gasteiger charge is -2.29. The fourth-order valence-electron chi connectivity index (χ4n) is 3.12. The molecular weight excluding hydrogens is 266 g/mol. The van der Waals surface area contributed by atoms with Crippen molar-refractivity contribution < 1.29 is 9.59 Å². The monoisotopic (exact) mass is 291 g/mol. The number of likely N-dealkylation sites (tertiary alicyclic amines) is 1. The van der Waals surface area contributed by atoms with Gasteiger partial charge in [0.15, 0.2) is 0 Å². The highest BCUT2D eigenvalue weighted by Crippen LogP contribution is 2.23. The summed E-state index contributed by atoms with van der Waals surface area (Å²) in [5.41, 5.74) is 1.53. The van der Waals surface area contributed by atoms with E-state index >= 15 is 0 Å². The topological polar surface area (TPSA) is 55.2 Å². The zero-order valence-corrected chi connectivity index (χ0v) is 13.3. The first-order chi connectivity index (χ1) is 10.0. The molecule has 116 valence electrons. The summed E-state index contributed by atoms with van der Waals surface area (Å²) in [4.78, 5) is 26.3. The average Bonchev–Trinajstić information content (AvgIpc) is 2.66. The first kappa shape index (κ1) is 15.7. The van der Waals surface area contributed by atoms with Crippen LogP contribution in [-0.4, -0.2) is 39.0 Å². The fourth-order valence-corrected chi connectivity index (χ4v) is 3.12. The largest absolute Gasteiger partial charge is 0.335 e. The van der Waals surface area contributed by atoms with Crippen LogP contribution in [-0.2, 0) is 18.3 Å². The molecule has 0 bridgehead atoms. The van der Waals surface area contributed by atoms with E-state index in [1.165, 1.54) is 0 Å². The third-order valence-electron chi connectivity index (χ3n) is 4.13. The molecule has 1 amide bonds. The van der Waals surface area contributed by atoms with Gasteiger partial charge < -0.3 is 4.90 Å². The molecule has 1 aliphatic rings. The van der Waals surface area contributed by atoms with Gasteiger partial charge in [0, 0.05) is 32.3 Å². The summed E-state index contributed by atoms with van der Waals surface area (Å²) in [7, 11) is 1.84. The zero-order valence-electron chi connectivity index (χ0n) is 13.3. The Morgan fingerprint density at radius 3 is 2.76 bits per heavy atom. The number of aromatic nitrogens is 2. The van der Waals surface area contributed by atoms with Gasteiger partial charge >= 0.3 is 0 Å². The van der Waals surface area contributed by atoms with Crippen LogP contribution in [0.2, 0.25) is 0 Å². The molecule has 1 aliphatic heterocycles. The standard InChI is InChI=1S/C16H25N3O2/c1-4-15-14(11-18(3)17-15)16(21)19-9-7-5-6-8-13(19)10-12(2)20/h11,13H,4-10H2,1-3H3. The van der Waals surface area contributed by atoms with Gasteiger partial charge in [0.2, 0.25) is 0 Å². The summed E-state index contributed by atoms with van der Waals surface area (Å²) >= 11 is 0. The minimum absolute atomic E-state index is 0.0353. The van der Waals surface area contributed by atoms with E-state index in [-0.39, 0.29) is 17.7 Å². The second-order valence-electron chi connectivity index (χ2n) is 5.92. The van der Waals surface area contributed by atoms with Crippen LogP contribution in [0.3, 0.4) is 0 Å². The third-order valence-corrected chi connectivity index (χ3v) is 4.13. The molecule has 0 aliphatic carbocycles. The van der Waals surface area contributed by atoms with E-state index in [1.807, 2.05) is 18.9 Å². The Hall–Kier alpha value is -1.65. The van der Waals surface area contributed by atoms with Gasteiger partial charge in [-0.05, 0) is 26.2 Å². The van der Waals surface area contributed by atoms with Crippen LogP contribution in [0.4, 0.5) is 0 Å². The van der Waals surface area contributed by atoms with Crippen molar-refractivity contribution in [2.75, 3.05) is 6.54 Å². The summed E-state index contributed by atoms with van der Waals surface area (Å²) in [6.45, 7) is 4.36. The Morgan fingerprint density at radius 1 is 1.33 bits per heavy atom. The van der Waals surface area contributed by atoms with E-state index in [1.54, 1.807) is 17.8 Å². The molecule has 21 heavy (non-hydrogen) atoms. The van der Waals surface area contributed by atoms with Crippen molar-refractivity contribution in [3.8, 4) is 0 Å². The first-order valence-corrected chi connectivity index (χ1v) is 7.85. The second-order valence-corrected chi connectivity index (χ2v) is 5.92. The van der Waals surface area contributed by atoms with Crippen molar-refractivity contribution in [3.05, 3.63) is 17.5 Å². The SMILES string of the molecule is CCc1nn(C)cc1C(=O)N1CCCCCC1CC(C)=O. The molecule has 1 fully saturated rings. The van der Waals surface area contributed by atoms with Crippen LogP contribution in [0.15, 0.2) is 6.20 Å². The van der Waals surface area contributed by atoms with Crippen LogP contribution in [0.25, 0.3) is 0 Å². The molecule has 0 radical (unpaired) electrons. The highest BCUT2D eigenvalue weighted by molar-refractivity contribution is 5.95. The normalized spacial score (nSPS) is 19.4. The molecule has 2 rings (SSSR count). The van der Waals surface area contributed by atoms with Crippen molar-refractivity contribution in [2.45, 2.75) is 58.4 Å². The molecular formula is C16H25N3O2. The van der Waals surface area contributed by atoms with E-state index < -0.39 is 0 Å². The molecule has 0 spiro atoms. The number of carbonyl (C=O) groups excluding carboxylic acids is 2. The van der Waals surface area contributed by atoms with Gasteiger partial charge in [-0.15, -0.1) is 0 Å². The molecule has 1 atom stereocenters. The van der Waals surface area contributed by atoms with Gasteiger partial charge in [-0.25, -0.2) is 0 Å². The third kappa shape index (κ3) is 3.71. The van der Waals surface area contributed by atoms with Crippen LogP contribution in [0.1, 0.15) is 62.0 Å². The minimum atomic E-state index is 0.0353. The number of Topliss-reactive ketones (excluding diaryl/α,β-unsaturated/α-hetero) is 1. The maximum absolute atomic E-state index is 12.9. The van der Waals surface area contributed by atoms with Crippen LogP contribution >= 0.6 is 0 Å². The lowest BCUT2D eigenvalue weighted by Crippen LogP contribution is -2.41. The Morgan fingerprint density at radius 2 is 2.10 bits per heavy atom. The first-order valence-electron chi connectivity index (χ1n) is 7.85. The maximum Gasteiger partial charge on any atom is 0.257 e. The highest BCUT2D eigenvalue weighted by atomic mass is 16.2. The van der Waals surface area contributed by atoms with E-state index in [4.69, 9.17) is 0 Å². The predicted octanol–water partition coefficient (Wildman–Crippen LogP) is 2.35. The molecule has 5 heteroatoms. The van der Waals surface area contributed by atoms with E-state index in [2.05, 4.69) is 5.10 Å². The molecule has 2 heterocycles.